The molecule has 0 heterocycles. The zero-order valence-electron chi connectivity index (χ0n) is 12.9. The van der Waals surface area contributed by atoms with Crippen LogP contribution in [0, 0.1) is 0 Å². The molecule has 5 heteroatoms. The summed E-state index contributed by atoms with van der Waals surface area (Å²) in [5.41, 5.74) is 7.68. The van der Waals surface area contributed by atoms with Gasteiger partial charge in [-0.25, -0.2) is 0 Å². The number of carbonyl (C=O) groups excluding carboxylic acids is 1. The number of rotatable bonds is 6. The third-order valence-corrected chi connectivity index (χ3v) is 4.35. The third kappa shape index (κ3) is 5.24. The summed E-state index contributed by atoms with van der Waals surface area (Å²) in [6, 6.07) is 15.4. The van der Waals surface area contributed by atoms with Gasteiger partial charge in [-0.15, -0.1) is 0 Å². The second kappa shape index (κ2) is 8.34. The Morgan fingerprint density at radius 1 is 1.04 bits per heavy atom. The van der Waals surface area contributed by atoms with Crippen molar-refractivity contribution in [3.05, 3.63) is 69.7 Å². The molecule has 2 aromatic rings. The molecule has 0 aromatic heterocycles. The minimum Gasteiger partial charge on any atom is -0.352 e. The highest BCUT2D eigenvalue weighted by atomic mass is 35.5. The van der Waals surface area contributed by atoms with Crippen LogP contribution in [-0.2, 0) is 11.2 Å². The van der Waals surface area contributed by atoms with Gasteiger partial charge in [0.15, 0.2) is 0 Å². The van der Waals surface area contributed by atoms with E-state index in [0.29, 0.717) is 10.0 Å². The molecule has 2 rings (SSSR count). The number of carbonyl (C=O) groups is 1. The molecular formula is C18H20Cl2N2O. The van der Waals surface area contributed by atoms with Crippen molar-refractivity contribution < 1.29 is 4.79 Å². The zero-order chi connectivity index (χ0) is 16.8. The molecule has 0 saturated carbocycles. The van der Waals surface area contributed by atoms with Crippen molar-refractivity contribution in [3.8, 4) is 0 Å². The van der Waals surface area contributed by atoms with E-state index >= 15 is 0 Å². The maximum Gasteiger partial charge on any atom is 0.233 e. The van der Waals surface area contributed by atoms with Crippen LogP contribution >= 0.6 is 23.2 Å². The number of hydrogen-bond donors (Lipinski definition) is 2. The minimum atomic E-state index is -0.160. The monoisotopic (exact) mass is 350 g/mol. The number of amides is 1. The number of halogens is 2. The fraction of sp³-hybridized carbons (Fsp3) is 0.278. The Balaban J connectivity index is 2.24. The van der Waals surface area contributed by atoms with Crippen LogP contribution in [0.15, 0.2) is 48.5 Å². The van der Waals surface area contributed by atoms with Gasteiger partial charge in [0.2, 0.25) is 5.91 Å². The van der Waals surface area contributed by atoms with Crippen LogP contribution < -0.4 is 11.1 Å². The van der Waals surface area contributed by atoms with Gasteiger partial charge in [0, 0.05) is 22.0 Å². The van der Waals surface area contributed by atoms with E-state index < -0.39 is 0 Å². The Morgan fingerprint density at radius 2 is 1.57 bits per heavy atom. The number of hydrogen-bond acceptors (Lipinski definition) is 2. The Morgan fingerprint density at radius 3 is 2.09 bits per heavy atom. The lowest BCUT2D eigenvalue weighted by atomic mass is 9.86. The molecule has 0 saturated heterocycles. The summed E-state index contributed by atoms with van der Waals surface area (Å²) in [6.45, 7) is 1.97. The fourth-order valence-electron chi connectivity index (χ4n) is 2.58. The first kappa shape index (κ1) is 17.8. The van der Waals surface area contributed by atoms with Gasteiger partial charge >= 0.3 is 0 Å². The Hall–Kier alpha value is -1.55. The lowest BCUT2D eigenvalue weighted by molar-refractivity contribution is -0.120. The van der Waals surface area contributed by atoms with Crippen molar-refractivity contribution in [1.82, 2.24) is 5.32 Å². The Bertz CT molecular complexity index is 641. The normalized spacial score (nSPS) is 13.4. The van der Waals surface area contributed by atoms with Gasteiger partial charge in [0.05, 0.1) is 6.54 Å². The second-order valence-corrected chi connectivity index (χ2v) is 6.42. The highest BCUT2D eigenvalue weighted by Gasteiger charge is 2.21. The van der Waals surface area contributed by atoms with Gasteiger partial charge in [-0.2, -0.15) is 0 Å². The Labute approximate surface area is 146 Å². The van der Waals surface area contributed by atoms with E-state index in [2.05, 4.69) is 5.32 Å². The minimum absolute atomic E-state index is 0.0153. The molecule has 0 aliphatic rings. The average molecular weight is 351 g/mol. The van der Waals surface area contributed by atoms with Crippen molar-refractivity contribution in [2.75, 3.05) is 6.54 Å². The summed E-state index contributed by atoms with van der Waals surface area (Å²) in [5, 5.41) is 4.35. The topological polar surface area (TPSA) is 55.1 Å². The van der Waals surface area contributed by atoms with Gasteiger partial charge in [0.25, 0.3) is 0 Å². The zero-order valence-corrected chi connectivity index (χ0v) is 14.4. The standard InChI is InChI=1S/C18H20Cl2N2O/c1-12(22-18(23)11-21)17(14-4-8-16(20)9-5-14)10-13-2-6-15(19)7-3-13/h2-9,12,17H,10-11,21H2,1H3,(H,22,23). The molecule has 3 nitrogen and oxygen atoms in total. The molecule has 2 atom stereocenters. The van der Waals surface area contributed by atoms with Crippen LogP contribution in [0.5, 0.6) is 0 Å². The van der Waals surface area contributed by atoms with Crippen LogP contribution in [0.2, 0.25) is 10.0 Å². The highest BCUT2D eigenvalue weighted by Crippen LogP contribution is 2.26. The van der Waals surface area contributed by atoms with Gasteiger partial charge < -0.3 is 11.1 Å². The van der Waals surface area contributed by atoms with E-state index in [4.69, 9.17) is 28.9 Å². The average Bonchev–Trinajstić information content (AvgIpc) is 2.55. The van der Waals surface area contributed by atoms with E-state index in [1.165, 1.54) is 0 Å². The molecule has 0 aliphatic carbocycles. The van der Waals surface area contributed by atoms with Gasteiger partial charge in [0.1, 0.15) is 0 Å². The second-order valence-electron chi connectivity index (χ2n) is 5.55. The van der Waals surface area contributed by atoms with Gasteiger partial charge in [-0.3, -0.25) is 4.79 Å². The van der Waals surface area contributed by atoms with Crippen LogP contribution in [0.1, 0.15) is 24.0 Å². The van der Waals surface area contributed by atoms with E-state index in [9.17, 15) is 4.79 Å². The maximum absolute atomic E-state index is 11.6. The number of nitrogens with two attached hydrogens (primary N) is 1. The molecule has 23 heavy (non-hydrogen) atoms. The first-order valence-corrected chi connectivity index (χ1v) is 8.24. The molecule has 1 amide bonds. The largest absolute Gasteiger partial charge is 0.352 e. The van der Waals surface area contributed by atoms with Crippen molar-refractivity contribution in [2.24, 2.45) is 5.73 Å². The van der Waals surface area contributed by atoms with Crippen LogP contribution in [-0.4, -0.2) is 18.5 Å². The fourth-order valence-corrected chi connectivity index (χ4v) is 2.83. The molecule has 2 unspecified atom stereocenters. The molecule has 0 fully saturated rings. The summed E-state index contributed by atoms with van der Waals surface area (Å²) in [7, 11) is 0. The predicted octanol–water partition coefficient (Wildman–Crippen LogP) is 3.78. The smallest absolute Gasteiger partial charge is 0.233 e. The van der Waals surface area contributed by atoms with Crippen molar-refractivity contribution in [2.45, 2.75) is 25.3 Å². The van der Waals surface area contributed by atoms with Crippen molar-refractivity contribution >= 4 is 29.1 Å². The molecule has 0 aliphatic heterocycles. The lowest BCUT2D eigenvalue weighted by Gasteiger charge is -2.26. The quantitative estimate of drug-likeness (QED) is 0.832. The van der Waals surface area contributed by atoms with E-state index in [0.717, 1.165) is 17.5 Å². The molecular weight excluding hydrogens is 331 g/mol. The SMILES string of the molecule is CC(NC(=O)CN)C(Cc1ccc(Cl)cc1)c1ccc(Cl)cc1. The summed E-state index contributed by atoms with van der Waals surface area (Å²) in [4.78, 5) is 11.6. The summed E-state index contributed by atoms with van der Waals surface area (Å²) >= 11 is 11.9. The molecule has 0 spiro atoms. The molecule has 2 aromatic carbocycles. The predicted molar refractivity (Wildman–Crippen MR) is 96.0 cm³/mol. The van der Waals surface area contributed by atoms with Crippen LogP contribution in [0.3, 0.4) is 0 Å². The summed E-state index contributed by atoms with van der Waals surface area (Å²) in [6.07, 6.45) is 0.783. The van der Waals surface area contributed by atoms with Gasteiger partial charge in [-0.1, -0.05) is 47.5 Å². The number of benzene rings is 2. The Kier molecular flexibility index (Phi) is 6.46. The van der Waals surface area contributed by atoms with Gasteiger partial charge in [-0.05, 0) is 48.7 Å². The van der Waals surface area contributed by atoms with E-state index in [1.807, 2.05) is 55.5 Å². The molecule has 0 radical (unpaired) electrons. The van der Waals surface area contributed by atoms with E-state index in [-0.39, 0.29) is 24.4 Å². The van der Waals surface area contributed by atoms with E-state index in [1.54, 1.807) is 0 Å². The maximum atomic E-state index is 11.6. The number of nitrogens with one attached hydrogen (secondary N) is 1. The molecule has 122 valence electrons. The first-order valence-electron chi connectivity index (χ1n) is 7.49. The molecule has 0 bridgehead atoms. The van der Waals surface area contributed by atoms with Crippen LogP contribution in [0.4, 0.5) is 0 Å². The molecule has 3 N–H and O–H groups in total. The van der Waals surface area contributed by atoms with Crippen molar-refractivity contribution in [3.63, 3.8) is 0 Å². The highest BCUT2D eigenvalue weighted by molar-refractivity contribution is 6.30. The first-order chi connectivity index (χ1) is 11.0. The van der Waals surface area contributed by atoms with Crippen molar-refractivity contribution in [1.29, 1.82) is 0 Å². The summed E-state index contributed by atoms with van der Waals surface area (Å²) < 4.78 is 0. The van der Waals surface area contributed by atoms with Crippen LogP contribution in [0.25, 0.3) is 0 Å². The third-order valence-electron chi connectivity index (χ3n) is 3.84. The lowest BCUT2D eigenvalue weighted by Crippen LogP contribution is -2.41. The summed E-state index contributed by atoms with van der Waals surface area (Å²) in [5.74, 6) is -0.0449.